The van der Waals surface area contributed by atoms with Crippen LogP contribution in [0.3, 0.4) is 0 Å². The van der Waals surface area contributed by atoms with E-state index in [0.29, 0.717) is 10.3 Å². The van der Waals surface area contributed by atoms with E-state index in [1.165, 1.54) is 23.6 Å². The first-order valence-electron chi connectivity index (χ1n) is 5.04. The summed E-state index contributed by atoms with van der Waals surface area (Å²) < 4.78 is 0.556. The standard InChI is InChI=1S/C10H9BrN4O2S/c1-6(10-12-2-3-18-10)14-9-8(11)4-7(5-13-9)15(16)17/h2-6H,1H3,(H,13,14)/t6-/m1/s1. The van der Waals surface area contributed by atoms with Gasteiger partial charge in [0, 0.05) is 17.6 Å². The average molecular weight is 329 g/mol. The van der Waals surface area contributed by atoms with Crippen molar-refractivity contribution in [3.63, 3.8) is 0 Å². The van der Waals surface area contributed by atoms with E-state index >= 15 is 0 Å². The Morgan fingerprint density at radius 1 is 1.56 bits per heavy atom. The molecule has 0 aliphatic heterocycles. The topological polar surface area (TPSA) is 81.0 Å². The van der Waals surface area contributed by atoms with Gasteiger partial charge in [-0.15, -0.1) is 11.3 Å². The van der Waals surface area contributed by atoms with E-state index < -0.39 is 4.92 Å². The fraction of sp³-hybridized carbons (Fsp3) is 0.200. The van der Waals surface area contributed by atoms with Crippen molar-refractivity contribution in [1.29, 1.82) is 0 Å². The maximum atomic E-state index is 10.6. The van der Waals surface area contributed by atoms with Gasteiger partial charge in [-0.1, -0.05) is 0 Å². The van der Waals surface area contributed by atoms with Crippen LogP contribution in [0.4, 0.5) is 11.5 Å². The molecule has 0 aromatic carbocycles. The van der Waals surface area contributed by atoms with Crippen molar-refractivity contribution in [3.8, 4) is 0 Å². The van der Waals surface area contributed by atoms with Gasteiger partial charge in [0.1, 0.15) is 17.0 Å². The number of anilines is 1. The van der Waals surface area contributed by atoms with Gasteiger partial charge in [-0.3, -0.25) is 10.1 Å². The zero-order chi connectivity index (χ0) is 13.1. The van der Waals surface area contributed by atoms with Crippen LogP contribution < -0.4 is 5.32 Å². The van der Waals surface area contributed by atoms with Gasteiger partial charge in [-0.05, 0) is 22.9 Å². The summed E-state index contributed by atoms with van der Waals surface area (Å²) in [5.41, 5.74) is -0.0469. The Hall–Kier alpha value is -1.54. The summed E-state index contributed by atoms with van der Waals surface area (Å²) >= 11 is 4.80. The van der Waals surface area contributed by atoms with E-state index in [1.54, 1.807) is 6.20 Å². The first-order chi connectivity index (χ1) is 8.58. The molecule has 0 amide bonds. The lowest BCUT2D eigenvalue weighted by atomic mass is 10.3. The van der Waals surface area contributed by atoms with Crippen molar-refractivity contribution in [2.45, 2.75) is 13.0 Å². The van der Waals surface area contributed by atoms with Crippen LogP contribution in [0.1, 0.15) is 18.0 Å². The molecule has 0 aliphatic carbocycles. The summed E-state index contributed by atoms with van der Waals surface area (Å²) in [6.07, 6.45) is 2.96. The Morgan fingerprint density at radius 3 is 2.89 bits per heavy atom. The molecule has 2 aromatic rings. The molecule has 2 rings (SSSR count). The second-order valence-corrected chi connectivity index (χ2v) is 5.30. The summed E-state index contributed by atoms with van der Waals surface area (Å²) in [7, 11) is 0. The number of nitrogens with one attached hydrogen (secondary N) is 1. The van der Waals surface area contributed by atoms with Crippen LogP contribution in [-0.4, -0.2) is 14.9 Å². The highest BCUT2D eigenvalue weighted by molar-refractivity contribution is 9.10. The molecule has 0 aliphatic rings. The number of thiazole rings is 1. The molecule has 18 heavy (non-hydrogen) atoms. The highest BCUT2D eigenvalue weighted by Gasteiger charge is 2.14. The van der Waals surface area contributed by atoms with Gasteiger partial charge in [-0.25, -0.2) is 9.97 Å². The normalized spacial score (nSPS) is 12.1. The fourth-order valence-corrected chi connectivity index (χ4v) is 2.45. The van der Waals surface area contributed by atoms with Crippen molar-refractivity contribution >= 4 is 38.8 Å². The first kappa shape index (κ1) is 12.9. The quantitative estimate of drug-likeness (QED) is 0.687. The zero-order valence-corrected chi connectivity index (χ0v) is 11.7. The molecule has 0 unspecified atom stereocenters. The zero-order valence-electron chi connectivity index (χ0n) is 9.33. The van der Waals surface area contributed by atoms with Gasteiger partial charge >= 0.3 is 0 Å². The van der Waals surface area contributed by atoms with Crippen LogP contribution in [0.25, 0.3) is 0 Å². The van der Waals surface area contributed by atoms with Crippen LogP contribution in [-0.2, 0) is 0 Å². The molecule has 0 bridgehead atoms. The van der Waals surface area contributed by atoms with E-state index in [9.17, 15) is 10.1 Å². The van der Waals surface area contributed by atoms with E-state index in [2.05, 4.69) is 31.2 Å². The van der Waals surface area contributed by atoms with Crippen molar-refractivity contribution in [3.05, 3.63) is 43.4 Å². The minimum atomic E-state index is -0.480. The Kier molecular flexibility index (Phi) is 3.87. The fourth-order valence-electron chi connectivity index (χ4n) is 1.35. The Labute approximate surface area is 115 Å². The molecule has 94 valence electrons. The molecule has 0 spiro atoms. The van der Waals surface area contributed by atoms with Crippen molar-refractivity contribution < 1.29 is 4.92 Å². The monoisotopic (exact) mass is 328 g/mol. The lowest BCUT2D eigenvalue weighted by Gasteiger charge is -2.12. The highest BCUT2D eigenvalue weighted by atomic mass is 79.9. The third-order valence-corrected chi connectivity index (χ3v) is 3.78. The Bertz CT molecular complexity index is 561. The smallest absolute Gasteiger partial charge is 0.288 e. The number of aromatic nitrogens is 2. The molecular formula is C10H9BrN4O2S. The van der Waals surface area contributed by atoms with E-state index in [-0.39, 0.29) is 11.7 Å². The lowest BCUT2D eigenvalue weighted by Crippen LogP contribution is -2.08. The van der Waals surface area contributed by atoms with Crippen LogP contribution in [0.15, 0.2) is 28.3 Å². The Morgan fingerprint density at radius 2 is 2.33 bits per heavy atom. The van der Waals surface area contributed by atoms with E-state index in [1.807, 2.05) is 12.3 Å². The third-order valence-electron chi connectivity index (χ3n) is 2.21. The molecule has 0 fully saturated rings. The van der Waals surface area contributed by atoms with Gasteiger partial charge in [0.25, 0.3) is 5.69 Å². The van der Waals surface area contributed by atoms with Gasteiger partial charge < -0.3 is 5.32 Å². The molecule has 0 radical (unpaired) electrons. The first-order valence-corrected chi connectivity index (χ1v) is 6.71. The average Bonchev–Trinajstić information content (AvgIpc) is 2.85. The van der Waals surface area contributed by atoms with Crippen molar-refractivity contribution in [1.82, 2.24) is 9.97 Å². The minimum absolute atomic E-state index is 0.00439. The van der Waals surface area contributed by atoms with Crippen molar-refractivity contribution in [2.24, 2.45) is 0 Å². The van der Waals surface area contributed by atoms with Crippen molar-refractivity contribution in [2.75, 3.05) is 5.32 Å². The number of pyridine rings is 1. The largest absolute Gasteiger partial charge is 0.360 e. The molecule has 6 nitrogen and oxygen atoms in total. The van der Waals surface area contributed by atoms with Gasteiger partial charge in [0.15, 0.2) is 0 Å². The van der Waals surface area contributed by atoms with Crippen LogP contribution in [0, 0.1) is 10.1 Å². The summed E-state index contributed by atoms with van der Waals surface area (Å²) in [6, 6.07) is 1.42. The van der Waals surface area contributed by atoms with E-state index in [4.69, 9.17) is 0 Å². The van der Waals surface area contributed by atoms with E-state index in [0.717, 1.165) is 5.01 Å². The number of nitro groups is 1. The van der Waals surface area contributed by atoms with Gasteiger partial charge in [0.2, 0.25) is 0 Å². The predicted molar refractivity (Wildman–Crippen MR) is 72.7 cm³/mol. The number of hydrogen-bond donors (Lipinski definition) is 1. The number of halogens is 1. The second-order valence-electron chi connectivity index (χ2n) is 3.52. The maximum Gasteiger partial charge on any atom is 0.288 e. The summed E-state index contributed by atoms with van der Waals surface area (Å²) in [6.45, 7) is 1.95. The molecule has 0 saturated carbocycles. The molecule has 1 atom stereocenters. The maximum absolute atomic E-state index is 10.6. The molecular weight excluding hydrogens is 320 g/mol. The highest BCUT2D eigenvalue weighted by Crippen LogP contribution is 2.28. The summed E-state index contributed by atoms with van der Waals surface area (Å²) in [4.78, 5) is 18.3. The van der Waals surface area contributed by atoms with Crippen LogP contribution in [0.2, 0.25) is 0 Å². The number of rotatable bonds is 4. The lowest BCUT2D eigenvalue weighted by molar-refractivity contribution is -0.385. The Balaban J connectivity index is 2.17. The van der Waals surface area contributed by atoms with Crippen LogP contribution >= 0.6 is 27.3 Å². The SMILES string of the molecule is C[C@@H](Nc1ncc([N+](=O)[O-])cc1Br)c1nccs1. The number of hydrogen-bond acceptors (Lipinski definition) is 6. The summed E-state index contributed by atoms with van der Waals surface area (Å²) in [5, 5.41) is 16.6. The third kappa shape index (κ3) is 2.82. The molecule has 8 heteroatoms. The minimum Gasteiger partial charge on any atom is -0.360 e. The second kappa shape index (κ2) is 5.40. The van der Waals surface area contributed by atoms with Crippen LogP contribution in [0.5, 0.6) is 0 Å². The van der Waals surface area contributed by atoms with Gasteiger partial charge in [-0.2, -0.15) is 0 Å². The molecule has 2 aromatic heterocycles. The van der Waals surface area contributed by atoms with Gasteiger partial charge in [0.05, 0.1) is 15.4 Å². The molecule has 0 saturated heterocycles. The predicted octanol–water partition coefficient (Wildman–Crippen LogP) is 3.38. The molecule has 1 N–H and O–H groups in total. The molecule has 2 heterocycles. The summed E-state index contributed by atoms with van der Waals surface area (Å²) in [5.74, 6) is 0.559. The number of nitrogens with zero attached hydrogens (tertiary/aromatic N) is 3.